The highest BCUT2D eigenvalue weighted by Crippen LogP contribution is 2.39. The summed E-state index contributed by atoms with van der Waals surface area (Å²) in [6, 6.07) is 0.778. The van der Waals surface area contributed by atoms with Gasteiger partial charge in [0.15, 0.2) is 0 Å². The van der Waals surface area contributed by atoms with Crippen LogP contribution in [-0.2, 0) is 0 Å². The van der Waals surface area contributed by atoms with Gasteiger partial charge in [-0.05, 0) is 25.3 Å². The maximum absolute atomic E-state index is 3.79. The SMILES string of the molecule is CCNC(C1CCCC1)C1SCCSC1C. The summed E-state index contributed by atoms with van der Waals surface area (Å²) in [6.45, 7) is 5.82. The van der Waals surface area contributed by atoms with Gasteiger partial charge in [-0.1, -0.05) is 26.7 Å². The molecule has 2 fully saturated rings. The first-order valence-electron chi connectivity index (χ1n) is 6.79. The van der Waals surface area contributed by atoms with E-state index in [1.165, 1.54) is 37.2 Å². The molecular formula is C13H25NS2. The molecule has 1 saturated heterocycles. The molecule has 2 rings (SSSR count). The normalized spacial score (nSPS) is 34.1. The third-order valence-corrected chi connectivity index (χ3v) is 7.15. The zero-order valence-corrected chi connectivity index (χ0v) is 12.2. The molecule has 3 heteroatoms. The van der Waals surface area contributed by atoms with Crippen molar-refractivity contribution in [2.24, 2.45) is 5.92 Å². The second kappa shape index (κ2) is 6.55. The number of hydrogen-bond acceptors (Lipinski definition) is 3. The highest BCUT2D eigenvalue weighted by molar-refractivity contribution is 8.07. The van der Waals surface area contributed by atoms with Crippen molar-refractivity contribution in [1.29, 1.82) is 0 Å². The molecule has 0 aromatic heterocycles. The molecule has 0 radical (unpaired) electrons. The Morgan fingerprint density at radius 3 is 2.50 bits per heavy atom. The summed E-state index contributed by atoms with van der Waals surface area (Å²) in [5.74, 6) is 3.67. The molecule has 1 saturated carbocycles. The number of thioether (sulfide) groups is 2. The van der Waals surface area contributed by atoms with E-state index in [1.54, 1.807) is 0 Å². The molecule has 0 aromatic carbocycles. The van der Waals surface area contributed by atoms with E-state index in [1.807, 2.05) is 0 Å². The van der Waals surface area contributed by atoms with E-state index in [9.17, 15) is 0 Å². The van der Waals surface area contributed by atoms with Crippen molar-refractivity contribution in [3.05, 3.63) is 0 Å². The standard InChI is InChI=1S/C13H25NS2/c1-3-14-12(11-6-4-5-7-11)13-10(2)15-8-9-16-13/h10-14H,3-9H2,1-2H3. The Labute approximate surface area is 109 Å². The van der Waals surface area contributed by atoms with Gasteiger partial charge in [0, 0.05) is 28.0 Å². The van der Waals surface area contributed by atoms with Gasteiger partial charge in [0.2, 0.25) is 0 Å². The predicted octanol–water partition coefficient (Wildman–Crippen LogP) is 3.39. The molecule has 16 heavy (non-hydrogen) atoms. The maximum atomic E-state index is 3.79. The lowest BCUT2D eigenvalue weighted by Gasteiger charge is -2.38. The molecule has 1 heterocycles. The van der Waals surface area contributed by atoms with Crippen molar-refractivity contribution in [1.82, 2.24) is 5.32 Å². The molecule has 1 aliphatic heterocycles. The van der Waals surface area contributed by atoms with Gasteiger partial charge in [-0.3, -0.25) is 0 Å². The summed E-state index contributed by atoms with van der Waals surface area (Å²) >= 11 is 4.40. The minimum Gasteiger partial charge on any atom is -0.313 e. The number of nitrogens with one attached hydrogen (secondary N) is 1. The Morgan fingerprint density at radius 2 is 1.88 bits per heavy atom. The predicted molar refractivity (Wildman–Crippen MR) is 77.6 cm³/mol. The third kappa shape index (κ3) is 3.11. The molecule has 1 N–H and O–H groups in total. The molecule has 1 nitrogen and oxygen atoms in total. The zero-order valence-electron chi connectivity index (χ0n) is 10.6. The summed E-state index contributed by atoms with van der Waals surface area (Å²) < 4.78 is 0. The second-order valence-corrected chi connectivity index (χ2v) is 7.81. The van der Waals surface area contributed by atoms with Crippen LogP contribution in [0.25, 0.3) is 0 Å². The van der Waals surface area contributed by atoms with E-state index in [2.05, 4.69) is 42.7 Å². The molecule has 0 aromatic rings. The van der Waals surface area contributed by atoms with Gasteiger partial charge >= 0.3 is 0 Å². The fourth-order valence-electron chi connectivity index (χ4n) is 3.15. The number of rotatable bonds is 4. The van der Waals surface area contributed by atoms with Crippen molar-refractivity contribution in [3.8, 4) is 0 Å². The average Bonchev–Trinajstić information content (AvgIpc) is 2.80. The summed E-state index contributed by atoms with van der Waals surface area (Å²) in [5, 5.41) is 5.48. The molecule has 3 unspecified atom stereocenters. The van der Waals surface area contributed by atoms with E-state index in [0.29, 0.717) is 0 Å². The van der Waals surface area contributed by atoms with Crippen molar-refractivity contribution in [2.45, 2.75) is 56.1 Å². The minimum absolute atomic E-state index is 0.778. The van der Waals surface area contributed by atoms with Crippen molar-refractivity contribution in [3.63, 3.8) is 0 Å². The Bertz CT molecular complexity index is 204. The molecule has 2 aliphatic rings. The van der Waals surface area contributed by atoms with Crippen LogP contribution in [0.3, 0.4) is 0 Å². The van der Waals surface area contributed by atoms with Crippen molar-refractivity contribution >= 4 is 23.5 Å². The Hall–Kier alpha value is 0.660. The fourth-order valence-corrected chi connectivity index (χ4v) is 6.19. The van der Waals surface area contributed by atoms with Crippen LogP contribution in [-0.4, -0.2) is 34.6 Å². The van der Waals surface area contributed by atoms with Gasteiger partial charge in [-0.15, -0.1) is 0 Å². The quantitative estimate of drug-likeness (QED) is 0.831. The van der Waals surface area contributed by atoms with Gasteiger partial charge in [0.25, 0.3) is 0 Å². The Balaban J connectivity index is 1.98. The van der Waals surface area contributed by atoms with E-state index < -0.39 is 0 Å². The monoisotopic (exact) mass is 259 g/mol. The van der Waals surface area contributed by atoms with Crippen molar-refractivity contribution in [2.75, 3.05) is 18.1 Å². The summed E-state index contributed by atoms with van der Waals surface area (Å²) in [6.07, 6.45) is 5.86. The van der Waals surface area contributed by atoms with Crippen LogP contribution in [0.5, 0.6) is 0 Å². The average molecular weight is 259 g/mol. The van der Waals surface area contributed by atoms with Gasteiger partial charge < -0.3 is 5.32 Å². The van der Waals surface area contributed by atoms with Crippen molar-refractivity contribution < 1.29 is 0 Å². The highest BCUT2D eigenvalue weighted by Gasteiger charge is 2.35. The zero-order chi connectivity index (χ0) is 11.4. The molecular weight excluding hydrogens is 234 g/mol. The van der Waals surface area contributed by atoms with Crippen LogP contribution < -0.4 is 5.32 Å². The van der Waals surface area contributed by atoms with Crippen LogP contribution in [0.15, 0.2) is 0 Å². The molecule has 0 bridgehead atoms. The van der Waals surface area contributed by atoms with Crippen LogP contribution in [0.4, 0.5) is 0 Å². The van der Waals surface area contributed by atoms with Crippen LogP contribution in [0.1, 0.15) is 39.5 Å². The molecule has 94 valence electrons. The van der Waals surface area contributed by atoms with Crippen LogP contribution in [0, 0.1) is 5.92 Å². The molecule has 0 spiro atoms. The Morgan fingerprint density at radius 1 is 1.19 bits per heavy atom. The summed E-state index contributed by atoms with van der Waals surface area (Å²) in [7, 11) is 0. The first-order chi connectivity index (χ1) is 7.83. The lowest BCUT2D eigenvalue weighted by Crippen LogP contribution is -2.48. The second-order valence-electron chi connectivity index (χ2n) is 5.04. The minimum atomic E-state index is 0.778. The lowest BCUT2D eigenvalue weighted by molar-refractivity contribution is 0.353. The van der Waals surface area contributed by atoms with Gasteiger partial charge in [-0.2, -0.15) is 23.5 Å². The van der Waals surface area contributed by atoms with Gasteiger partial charge in [0.1, 0.15) is 0 Å². The molecule has 3 atom stereocenters. The first-order valence-corrected chi connectivity index (χ1v) is 8.89. The largest absolute Gasteiger partial charge is 0.313 e. The highest BCUT2D eigenvalue weighted by atomic mass is 32.2. The maximum Gasteiger partial charge on any atom is 0.0320 e. The molecule has 0 amide bonds. The van der Waals surface area contributed by atoms with Crippen LogP contribution in [0.2, 0.25) is 0 Å². The third-order valence-electron chi connectivity index (χ3n) is 3.94. The fraction of sp³-hybridized carbons (Fsp3) is 1.00. The smallest absolute Gasteiger partial charge is 0.0320 e. The first kappa shape index (κ1) is 13.1. The summed E-state index contributed by atoms with van der Waals surface area (Å²) in [5.41, 5.74) is 0. The Kier molecular flexibility index (Phi) is 5.37. The van der Waals surface area contributed by atoms with Gasteiger partial charge in [-0.25, -0.2) is 0 Å². The topological polar surface area (TPSA) is 12.0 Å². The molecule has 1 aliphatic carbocycles. The lowest BCUT2D eigenvalue weighted by atomic mass is 9.93. The van der Waals surface area contributed by atoms with E-state index in [4.69, 9.17) is 0 Å². The van der Waals surface area contributed by atoms with E-state index in [0.717, 1.165) is 29.0 Å². The van der Waals surface area contributed by atoms with Gasteiger partial charge in [0.05, 0.1) is 0 Å². The summed E-state index contributed by atoms with van der Waals surface area (Å²) in [4.78, 5) is 0. The van der Waals surface area contributed by atoms with E-state index >= 15 is 0 Å². The number of hydrogen-bond donors (Lipinski definition) is 1. The van der Waals surface area contributed by atoms with Crippen LogP contribution >= 0.6 is 23.5 Å². The van der Waals surface area contributed by atoms with E-state index in [-0.39, 0.29) is 0 Å².